The minimum Gasteiger partial charge on any atom is -0.493 e. The van der Waals surface area contributed by atoms with Crippen molar-refractivity contribution in [2.24, 2.45) is 5.92 Å². The Morgan fingerprint density at radius 1 is 1.62 bits per heavy atom. The quantitative estimate of drug-likeness (QED) is 0.760. The van der Waals surface area contributed by atoms with Gasteiger partial charge in [-0.1, -0.05) is 0 Å². The number of pyridine rings is 1. The average molecular weight is 242 g/mol. The van der Waals surface area contributed by atoms with Crippen molar-refractivity contribution in [1.82, 2.24) is 4.98 Å². The molecule has 0 spiro atoms. The third-order valence-electron chi connectivity index (χ3n) is 2.26. The van der Waals surface area contributed by atoms with Crippen LogP contribution in [0.4, 0.5) is 0 Å². The molecule has 0 bridgehead atoms. The van der Waals surface area contributed by atoms with Gasteiger partial charge in [-0.3, -0.25) is 0 Å². The molecule has 0 radical (unpaired) electrons. The molecule has 1 aromatic heterocycles. The summed E-state index contributed by atoms with van der Waals surface area (Å²) in [4.78, 5) is 4.12. The number of hydrogen-bond donors (Lipinski definition) is 0. The number of halogens is 1. The second-order valence-corrected chi connectivity index (χ2v) is 4.23. The summed E-state index contributed by atoms with van der Waals surface area (Å²) in [5.41, 5.74) is 1.09. The minimum atomic E-state index is 0.798. The van der Waals surface area contributed by atoms with Crippen molar-refractivity contribution in [3.63, 3.8) is 0 Å². The maximum absolute atomic E-state index is 5.67. The zero-order valence-corrected chi connectivity index (χ0v) is 9.17. The Bertz CT molecular complexity index is 310. The zero-order valence-electron chi connectivity index (χ0n) is 7.59. The molecule has 2 rings (SSSR count). The fourth-order valence-corrected chi connectivity index (χ4v) is 1.46. The van der Waals surface area contributed by atoms with E-state index in [4.69, 9.17) is 4.74 Å². The molecule has 0 atom stereocenters. The molecule has 1 saturated carbocycles. The van der Waals surface area contributed by atoms with Gasteiger partial charge in [-0.2, -0.15) is 0 Å². The second-order valence-electron chi connectivity index (χ2n) is 3.48. The fraction of sp³-hybridized carbons (Fsp3) is 0.500. The Hall–Kier alpha value is -0.570. The lowest BCUT2D eigenvalue weighted by atomic mass is 10.3. The summed E-state index contributed by atoms with van der Waals surface area (Å²) in [6, 6.07) is 1.92. The Morgan fingerprint density at radius 2 is 2.38 bits per heavy atom. The number of aromatic nitrogens is 1. The first-order chi connectivity index (χ1) is 6.27. The van der Waals surface area contributed by atoms with Crippen LogP contribution in [0.2, 0.25) is 0 Å². The van der Waals surface area contributed by atoms with Gasteiger partial charge >= 0.3 is 0 Å². The van der Waals surface area contributed by atoms with Gasteiger partial charge in [0.25, 0.3) is 0 Å². The van der Waals surface area contributed by atoms with Crippen molar-refractivity contribution in [3.8, 4) is 5.75 Å². The lowest BCUT2D eigenvalue weighted by Crippen LogP contribution is -2.00. The zero-order chi connectivity index (χ0) is 9.26. The number of ether oxygens (including phenoxy) is 1. The average Bonchev–Trinajstić information content (AvgIpc) is 2.91. The molecule has 0 aromatic carbocycles. The maximum Gasteiger partial charge on any atom is 0.126 e. The van der Waals surface area contributed by atoms with Crippen LogP contribution < -0.4 is 4.74 Å². The SMILES string of the molecule is Cc1c(OCC2CC2)ccnc1Br. The van der Waals surface area contributed by atoms with Crippen LogP contribution in [0.1, 0.15) is 18.4 Å². The monoisotopic (exact) mass is 241 g/mol. The van der Waals surface area contributed by atoms with Crippen LogP contribution in [-0.2, 0) is 0 Å². The Kier molecular flexibility index (Phi) is 2.54. The van der Waals surface area contributed by atoms with Crippen LogP contribution in [-0.4, -0.2) is 11.6 Å². The van der Waals surface area contributed by atoms with E-state index >= 15 is 0 Å². The van der Waals surface area contributed by atoms with E-state index in [-0.39, 0.29) is 0 Å². The van der Waals surface area contributed by atoms with E-state index in [0.29, 0.717) is 0 Å². The summed E-state index contributed by atoms with van der Waals surface area (Å²) in [5.74, 6) is 1.75. The molecule has 2 nitrogen and oxygen atoms in total. The largest absolute Gasteiger partial charge is 0.493 e. The van der Waals surface area contributed by atoms with E-state index in [1.165, 1.54) is 12.8 Å². The third kappa shape index (κ3) is 2.21. The minimum absolute atomic E-state index is 0.798. The van der Waals surface area contributed by atoms with E-state index in [2.05, 4.69) is 20.9 Å². The molecule has 0 amide bonds. The van der Waals surface area contributed by atoms with Crippen molar-refractivity contribution in [2.75, 3.05) is 6.61 Å². The maximum atomic E-state index is 5.67. The molecule has 0 N–H and O–H groups in total. The van der Waals surface area contributed by atoms with E-state index in [0.717, 1.165) is 28.4 Å². The summed E-state index contributed by atoms with van der Waals surface area (Å²) < 4.78 is 6.55. The molecular formula is C10H12BrNO. The third-order valence-corrected chi connectivity index (χ3v) is 3.06. The highest BCUT2D eigenvalue weighted by molar-refractivity contribution is 9.10. The van der Waals surface area contributed by atoms with Crippen molar-refractivity contribution in [3.05, 3.63) is 22.4 Å². The molecule has 1 fully saturated rings. The first kappa shape index (κ1) is 9.00. The van der Waals surface area contributed by atoms with Crippen LogP contribution in [0, 0.1) is 12.8 Å². The van der Waals surface area contributed by atoms with Gasteiger partial charge in [-0.05, 0) is 47.7 Å². The van der Waals surface area contributed by atoms with E-state index in [9.17, 15) is 0 Å². The molecule has 70 valence electrons. The van der Waals surface area contributed by atoms with E-state index in [1.807, 2.05) is 13.0 Å². The fourth-order valence-electron chi connectivity index (χ4n) is 1.14. The molecular weight excluding hydrogens is 230 g/mol. The molecule has 13 heavy (non-hydrogen) atoms. The van der Waals surface area contributed by atoms with Gasteiger partial charge in [0, 0.05) is 11.8 Å². The Morgan fingerprint density at radius 3 is 3.08 bits per heavy atom. The van der Waals surface area contributed by atoms with Crippen LogP contribution in [0.25, 0.3) is 0 Å². The highest BCUT2D eigenvalue weighted by Gasteiger charge is 2.22. The van der Waals surface area contributed by atoms with Gasteiger partial charge in [-0.25, -0.2) is 4.98 Å². The second kappa shape index (κ2) is 3.66. The summed E-state index contributed by atoms with van der Waals surface area (Å²) >= 11 is 3.38. The highest BCUT2D eigenvalue weighted by atomic mass is 79.9. The van der Waals surface area contributed by atoms with Gasteiger partial charge in [-0.15, -0.1) is 0 Å². The molecule has 0 aliphatic heterocycles. The van der Waals surface area contributed by atoms with Gasteiger partial charge in [0.15, 0.2) is 0 Å². The number of hydrogen-bond acceptors (Lipinski definition) is 2. The standard InChI is InChI=1S/C10H12BrNO/c1-7-9(4-5-12-10(7)11)13-6-8-2-3-8/h4-5,8H,2-3,6H2,1H3. The first-order valence-electron chi connectivity index (χ1n) is 4.51. The first-order valence-corrected chi connectivity index (χ1v) is 5.30. The molecule has 0 unspecified atom stereocenters. The summed E-state index contributed by atoms with van der Waals surface area (Å²) in [6.07, 6.45) is 4.41. The Labute approximate surface area is 86.5 Å². The topological polar surface area (TPSA) is 22.1 Å². The molecule has 1 heterocycles. The molecule has 1 aliphatic rings. The Balaban J connectivity index is 2.05. The van der Waals surface area contributed by atoms with Crippen LogP contribution in [0.15, 0.2) is 16.9 Å². The molecule has 0 saturated heterocycles. The predicted octanol–water partition coefficient (Wildman–Crippen LogP) is 2.94. The lowest BCUT2D eigenvalue weighted by Gasteiger charge is -2.08. The smallest absolute Gasteiger partial charge is 0.126 e. The molecule has 1 aromatic rings. The van der Waals surface area contributed by atoms with Crippen LogP contribution in [0.3, 0.4) is 0 Å². The lowest BCUT2D eigenvalue weighted by molar-refractivity contribution is 0.297. The van der Waals surface area contributed by atoms with Crippen molar-refractivity contribution in [1.29, 1.82) is 0 Å². The molecule has 1 aliphatic carbocycles. The van der Waals surface area contributed by atoms with Gasteiger partial charge in [0.05, 0.1) is 6.61 Å². The van der Waals surface area contributed by atoms with E-state index in [1.54, 1.807) is 6.20 Å². The normalized spacial score (nSPS) is 15.8. The number of nitrogens with zero attached hydrogens (tertiary/aromatic N) is 1. The number of rotatable bonds is 3. The van der Waals surface area contributed by atoms with Gasteiger partial charge in [0.1, 0.15) is 10.4 Å². The molecule has 3 heteroatoms. The van der Waals surface area contributed by atoms with Gasteiger partial charge in [0.2, 0.25) is 0 Å². The summed E-state index contributed by atoms with van der Waals surface area (Å²) in [5, 5.41) is 0. The highest BCUT2D eigenvalue weighted by Crippen LogP contribution is 2.31. The predicted molar refractivity (Wildman–Crippen MR) is 54.9 cm³/mol. The van der Waals surface area contributed by atoms with E-state index < -0.39 is 0 Å². The van der Waals surface area contributed by atoms with Crippen molar-refractivity contribution >= 4 is 15.9 Å². The van der Waals surface area contributed by atoms with Gasteiger partial charge < -0.3 is 4.74 Å². The van der Waals surface area contributed by atoms with Crippen molar-refractivity contribution in [2.45, 2.75) is 19.8 Å². The summed E-state index contributed by atoms with van der Waals surface area (Å²) in [7, 11) is 0. The van der Waals surface area contributed by atoms with Crippen LogP contribution >= 0.6 is 15.9 Å². The van der Waals surface area contributed by atoms with Crippen LogP contribution in [0.5, 0.6) is 5.75 Å². The summed E-state index contributed by atoms with van der Waals surface area (Å²) in [6.45, 7) is 2.87. The van der Waals surface area contributed by atoms with Crippen molar-refractivity contribution < 1.29 is 4.74 Å².